The second-order valence-electron chi connectivity index (χ2n) is 7.96. The van der Waals surface area contributed by atoms with Crippen LogP contribution in [0.4, 0.5) is 11.4 Å². The van der Waals surface area contributed by atoms with Gasteiger partial charge in [-0.1, -0.05) is 30.3 Å². The van der Waals surface area contributed by atoms with Crippen molar-refractivity contribution in [1.29, 1.82) is 0 Å². The van der Waals surface area contributed by atoms with Gasteiger partial charge in [-0.15, -0.1) is 11.3 Å². The summed E-state index contributed by atoms with van der Waals surface area (Å²) in [6.07, 6.45) is 1.33. The van der Waals surface area contributed by atoms with E-state index in [0.29, 0.717) is 21.9 Å². The smallest absolute Gasteiger partial charge is 0.353 e. The average Bonchev–Trinajstić information content (AvgIpc) is 3.45. The first-order chi connectivity index (χ1) is 18.4. The number of hydrogen-bond donors (Lipinski definition) is 3. The number of hydrazone groups is 1. The molecule has 4 aromatic rings. The number of amides is 3. The molecule has 38 heavy (non-hydrogen) atoms. The van der Waals surface area contributed by atoms with Gasteiger partial charge in [0, 0.05) is 5.69 Å². The molecule has 0 bridgehead atoms. The number of para-hydroxylation sites is 1. The number of aryl methyl sites for hydroxylation is 1. The number of hydrogen-bond acceptors (Lipinski definition) is 7. The van der Waals surface area contributed by atoms with E-state index in [1.165, 1.54) is 29.7 Å². The number of thiophene rings is 1. The summed E-state index contributed by atoms with van der Waals surface area (Å²) < 4.78 is 5.29. The molecule has 1 aromatic heterocycles. The summed E-state index contributed by atoms with van der Waals surface area (Å²) in [4.78, 5) is 49.9. The monoisotopic (exact) mass is 526 g/mol. The summed E-state index contributed by atoms with van der Waals surface area (Å²) in [6.45, 7) is 1.91. The SMILES string of the molecule is Cc1cccc(NC(=O)c2ccccc2NC(=O)C(=O)N/N=C\c2ccc(OC(=O)c3cccs3)cc2)c1. The zero-order chi connectivity index (χ0) is 26.9. The van der Waals surface area contributed by atoms with Gasteiger partial charge in [-0.05, 0) is 78.0 Å². The summed E-state index contributed by atoms with van der Waals surface area (Å²) in [7, 11) is 0. The van der Waals surface area contributed by atoms with Crippen molar-refractivity contribution < 1.29 is 23.9 Å². The van der Waals surface area contributed by atoms with Gasteiger partial charge in [0.05, 0.1) is 17.5 Å². The number of benzene rings is 3. The lowest BCUT2D eigenvalue weighted by Crippen LogP contribution is -2.33. The standard InChI is InChI=1S/C28H22N4O5S/c1-18-6-4-7-20(16-18)30-25(33)22-8-2-3-9-23(22)31-26(34)27(35)32-29-17-19-11-13-21(14-12-19)37-28(36)24-10-5-15-38-24/h2-17H,1H3,(H,30,33)(H,31,34)(H,32,35)/b29-17-. The van der Waals surface area contributed by atoms with Crippen molar-refractivity contribution in [2.24, 2.45) is 5.10 Å². The fraction of sp³-hybridized carbons (Fsp3) is 0.0357. The van der Waals surface area contributed by atoms with E-state index in [0.717, 1.165) is 5.56 Å². The Hall–Kier alpha value is -5.09. The Morgan fingerprint density at radius 3 is 2.37 bits per heavy atom. The van der Waals surface area contributed by atoms with Crippen LogP contribution in [0.25, 0.3) is 0 Å². The van der Waals surface area contributed by atoms with E-state index in [2.05, 4.69) is 21.2 Å². The van der Waals surface area contributed by atoms with Gasteiger partial charge in [-0.3, -0.25) is 14.4 Å². The van der Waals surface area contributed by atoms with Crippen molar-refractivity contribution in [1.82, 2.24) is 5.43 Å². The minimum atomic E-state index is -1.02. The predicted molar refractivity (Wildman–Crippen MR) is 146 cm³/mol. The number of anilines is 2. The van der Waals surface area contributed by atoms with Crippen LogP contribution in [0, 0.1) is 6.92 Å². The number of esters is 1. The van der Waals surface area contributed by atoms with Gasteiger partial charge in [0.1, 0.15) is 10.6 Å². The maximum absolute atomic E-state index is 12.8. The molecule has 10 heteroatoms. The highest BCUT2D eigenvalue weighted by Crippen LogP contribution is 2.19. The Kier molecular flexibility index (Phi) is 8.37. The molecule has 3 aromatic carbocycles. The fourth-order valence-electron chi connectivity index (χ4n) is 3.28. The minimum absolute atomic E-state index is 0.175. The molecule has 0 saturated heterocycles. The van der Waals surface area contributed by atoms with Crippen LogP contribution in [-0.4, -0.2) is 29.9 Å². The third-order valence-corrected chi connectivity index (χ3v) is 5.94. The van der Waals surface area contributed by atoms with E-state index in [-0.39, 0.29) is 11.3 Å². The summed E-state index contributed by atoms with van der Waals surface area (Å²) >= 11 is 1.28. The number of ether oxygens (including phenoxy) is 1. The molecule has 0 saturated carbocycles. The first kappa shape index (κ1) is 26.0. The van der Waals surface area contributed by atoms with Crippen molar-refractivity contribution in [3.8, 4) is 5.75 Å². The maximum Gasteiger partial charge on any atom is 0.353 e. The lowest BCUT2D eigenvalue weighted by Gasteiger charge is -2.11. The Balaban J connectivity index is 1.31. The molecule has 4 rings (SSSR count). The Bertz CT molecular complexity index is 1500. The molecule has 0 atom stereocenters. The lowest BCUT2D eigenvalue weighted by molar-refractivity contribution is -0.136. The molecule has 0 unspecified atom stereocenters. The lowest BCUT2D eigenvalue weighted by atomic mass is 10.1. The highest BCUT2D eigenvalue weighted by atomic mass is 32.1. The fourth-order valence-corrected chi connectivity index (χ4v) is 3.88. The number of nitrogens with one attached hydrogen (secondary N) is 3. The maximum atomic E-state index is 12.8. The molecule has 0 spiro atoms. The van der Waals surface area contributed by atoms with Crippen LogP contribution in [0.15, 0.2) is 95.4 Å². The molecular weight excluding hydrogens is 504 g/mol. The van der Waals surface area contributed by atoms with Crippen molar-refractivity contribution >= 4 is 52.6 Å². The largest absolute Gasteiger partial charge is 0.422 e. The zero-order valence-electron chi connectivity index (χ0n) is 20.1. The first-order valence-electron chi connectivity index (χ1n) is 11.4. The van der Waals surface area contributed by atoms with Crippen molar-refractivity contribution in [3.05, 3.63) is 112 Å². The molecule has 3 amide bonds. The van der Waals surface area contributed by atoms with Gasteiger partial charge in [0.15, 0.2) is 0 Å². The Morgan fingerprint density at radius 2 is 1.63 bits per heavy atom. The Morgan fingerprint density at radius 1 is 0.842 bits per heavy atom. The van der Waals surface area contributed by atoms with Crippen LogP contribution in [0.5, 0.6) is 5.75 Å². The van der Waals surface area contributed by atoms with Crippen LogP contribution in [0.2, 0.25) is 0 Å². The predicted octanol–water partition coefficient (Wildman–Crippen LogP) is 4.62. The second kappa shape index (κ2) is 12.2. The quantitative estimate of drug-likeness (QED) is 0.107. The third kappa shape index (κ3) is 6.99. The molecule has 0 radical (unpaired) electrons. The van der Waals surface area contributed by atoms with Crippen molar-refractivity contribution in [2.75, 3.05) is 10.6 Å². The van der Waals surface area contributed by atoms with Crippen LogP contribution in [0.1, 0.15) is 31.2 Å². The molecule has 3 N–H and O–H groups in total. The van der Waals surface area contributed by atoms with Crippen LogP contribution in [-0.2, 0) is 9.59 Å². The molecule has 9 nitrogen and oxygen atoms in total. The highest BCUT2D eigenvalue weighted by molar-refractivity contribution is 7.12. The minimum Gasteiger partial charge on any atom is -0.422 e. The Labute approximate surface area is 222 Å². The van der Waals surface area contributed by atoms with Gasteiger partial charge in [-0.25, -0.2) is 10.2 Å². The van der Waals surface area contributed by atoms with E-state index in [1.807, 2.05) is 25.1 Å². The summed E-state index contributed by atoms with van der Waals surface area (Å²) in [5.41, 5.74) is 4.70. The zero-order valence-corrected chi connectivity index (χ0v) is 21.0. The second-order valence-corrected chi connectivity index (χ2v) is 8.91. The third-order valence-electron chi connectivity index (χ3n) is 5.09. The van der Waals surface area contributed by atoms with Crippen LogP contribution in [0.3, 0.4) is 0 Å². The molecule has 190 valence electrons. The first-order valence-corrected chi connectivity index (χ1v) is 12.2. The van der Waals surface area contributed by atoms with E-state index in [1.54, 1.807) is 60.0 Å². The van der Waals surface area contributed by atoms with Gasteiger partial charge in [0.25, 0.3) is 5.91 Å². The van der Waals surface area contributed by atoms with Crippen molar-refractivity contribution in [2.45, 2.75) is 6.92 Å². The van der Waals surface area contributed by atoms with Gasteiger partial charge >= 0.3 is 17.8 Å². The van der Waals surface area contributed by atoms with E-state index in [9.17, 15) is 19.2 Å². The van der Waals surface area contributed by atoms with E-state index < -0.39 is 23.7 Å². The van der Waals surface area contributed by atoms with Gasteiger partial charge in [-0.2, -0.15) is 5.10 Å². The summed E-state index contributed by atoms with van der Waals surface area (Å²) in [5, 5.41) is 10.8. The average molecular weight is 527 g/mol. The van der Waals surface area contributed by atoms with Crippen LogP contribution >= 0.6 is 11.3 Å². The molecule has 0 aliphatic rings. The number of carbonyl (C=O) groups excluding carboxylic acids is 4. The van der Waals surface area contributed by atoms with Gasteiger partial charge < -0.3 is 15.4 Å². The summed E-state index contributed by atoms with van der Waals surface area (Å²) in [5.74, 6) is -2.54. The molecular formula is C28H22N4O5S. The topological polar surface area (TPSA) is 126 Å². The van der Waals surface area contributed by atoms with E-state index in [4.69, 9.17) is 4.74 Å². The molecule has 1 heterocycles. The van der Waals surface area contributed by atoms with Gasteiger partial charge in [0.2, 0.25) is 0 Å². The number of carbonyl (C=O) groups is 4. The molecule has 0 aliphatic carbocycles. The van der Waals surface area contributed by atoms with Crippen molar-refractivity contribution in [3.63, 3.8) is 0 Å². The normalized spacial score (nSPS) is 10.6. The summed E-state index contributed by atoms with van der Waals surface area (Å²) in [6, 6.07) is 23.5. The molecule has 0 fully saturated rings. The molecule has 0 aliphatic heterocycles. The van der Waals surface area contributed by atoms with E-state index >= 15 is 0 Å². The number of rotatable bonds is 7. The van der Waals surface area contributed by atoms with Crippen LogP contribution < -0.4 is 20.8 Å². The number of nitrogens with zero attached hydrogens (tertiary/aromatic N) is 1. The highest BCUT2D eigenvalue weighted by Gasteiger charge is 2.18.